The highest BCUT2D eigenvalue weighted by Gasteiger charge is 2.26. The summed E-state index contributed by atoms with van der Waals surface area (Å²) in [7, 11) is -3.50. The Hall–Kier alpha value is -1.74. The third-order valence-electron chi connectivity index (χ3n) is 4.12. The lowest BCUT2D eigenvalue weighted by Crippen LogP contribution is -2.28. The van der Waals surface area contributed by atoms with Crippen LogP contribution in [0.15, 0.2) is 34.7 Å². The molecule has 126 valence electrons. The van der Waals surface area contributed by atoms with Crippen LogP contribution in [0.25, 0.3) is 21.5 Å². The van der Waals surface area contributed by atoms with Crippen molar-refractivity contribution in [2.45, 2.75) is 23.0 Å². The molecule has 3 heterocycles. The molecule has 0 radical (unpaired) electrons. The molecule has 3 aromatic heterocycles. The van der Waals surface area contributed by atoms with Crippen LogP contribution in [-0.4, -0.2) is 31.5 Å². The number of H-pyrrole nitrogens is 1. The molecule has 1 fully saturated rings. The second-order valence-corrected chi connectivity index (χ2v) is 9.00. The fourth-order valence-corrected chi connectivity index (χ4v) is 5.19. The Bertz CT molecular complexity index is 987. The summed E-state index contributed by atoms with van der Waals surface area (Å²) >= 11 is 1.26. The first kappa shape index (κ1) is 15.8. The lowest BCUT2D eigenvalue weighted by atomic mass is 10.1. The lowest BCUT2D eigenvalue weighted by molar-refractivity contribution is 0.584. The Morgan fingerprint density at radius 1 is 1.33 bits per heavy atom. The molecule has 4 rings (SSSR count). The molecule has 0 atom stereocenters. The van der Waals surface area contributed by atoms with Gasteiger partial charge in [-0.1, -0.05) is 0 Å². The molecule has 1 aliphatic rings. The van der Waals surface area contributed by atoms with E-state index in [1.165, 1.54) is 29.9 Å². The smallest absolute Gasteiger partial charge is 0.250 e. The zero-order valence-electron chi connectivity index (χ0n) is 13.0. The fraction of sp³-hybridized carbons (Fsp3) is 0.312. The molecule has 0 unspecified atom stereocenters. The van der Waals surface area contributed by atoms with Gasteiger partial charge >= 0.3 is 0 Å². The van der Waals surface area contributed by atoms with Gasteiger partial charge in [-0.25, -0.2) is 18.1 Å². The summed E-state index contributed by atoms with van der Waals surface area (Å²) in [5.74, 6) is 0.617. The van der Waals surface area contributed by atoms with E-state index in [1.807, 2.05) is 12.1 Å². The summed E-state index contributed by atoms with van der Waals surface area (Å²) in [5.41, 5.74) is 8.45. The number of rotatable bonds is 6. The van der Waals surface area contributed by atoms with E-state index in [0.29, 0.717) is 10.1 Å². The summed E-state index contributed by atoms with van der Waals surface area (Å²) in [6.07, 6.45) is 4.19. The number of aromatic nitrogens is 2. The Labute approximate surface area is 144 Å². The predicted octanol–water partition coefficient (Wildman–Crippen LogP) is 2.41. The van der Waals surface area contributed by atoms with Gasteiger partial charge in [0.25, 0.3) is 0 Å². The molecular formula is C16H18N4O2S2. The van der Waals surface area contributed by atoms with E-state index in [0.717, 1.165) is 21.5 Å². The van der Waals surface area contributed by atoms with Gasteiger partial charge in [-0.2, -0.15) is 0 Å². The number of aromatic amines is 1. The fourth-order valence-electron chi connectivity index (χ4n) is 2.75. The highest BCUT2D eigenvalue weighted by Crippen LogP contribution is 2.42. The van der Waals surface area contributed by atoms with Gasteiger partial charge in [-0.15, -0.1) is 11.3 Å². The van der Waals surface area contributed by atoms with E-state index in [2.05, 4.69) is 20.8 Å². The minimum atomic E-state index is -3.50. The first-order chi connectivity index (χ1) is 11.6. The number of nitrogens with one attached hydrogen (secondary N) is 2. The molecule has 6 nitrogen and oxygen atoms in total. The van der Waals surface area contributed by atoms with E-state index >= 15 is 0 Å². The van der Waals surface area contributed by atoms with Crippen molar-refractivity contribution >= 4 is 32.4 Å². The first-order valence-electron chi connectivity index (χ1n) is 7.86. The number of pyridine rings is 1. The number of sulfonamides is 1. The molecule has 0 spiro atoms. The van der Waals surface area contributed by atoms with Gasteiger partial charge in [0.2, 0.25) is 10.0 Å². The molecule has 0 saturated heterocycles. The topological polar surface area (TPSA) is 101 Å². The second-order valence-electron chi connectivity index (χ2n) is 5.92. The summed E-state index contributed by atoms with van der Waals surface area (Å²) in [4.78, 5) is 8.69. The van der Waals surface area contributed by atoms with Crippen molar-refractivity contribution in [3.8, 4) is 10.4 Å². The molecule has 1 aliphatic carbocycles. The van der Waals surface area contributed by atoms with E-state index < -0.39 is 10.0 Å². The Morgan fingerprint density at radius 2 is 2.17 bits per heavy atom. The standard InChI is InChI=1S/C16H18N4O2S2/c17-6-8-19-24(21,22)15-4-3-14(23-15)11-5-7-18-16-12(11)9-13(20-16)10-1-2-10/h3-5,7,9-10,19H,1-2,6,8,17H2,(H,18,20). The molecule has 4 N–H and O–H groups in total. The van der Waals surface area contributed by atoms with Crippen LogP contribution in [-0.2, 0) is 10.0 Å². The molecule has 3 aromatic rings. The van der Waals surface area contributed by atoms with Crippen LogP contribution in [0, 0.1) is 0 Å². The highest BCUT2D eigenvalue weighted by molar-refractivity contribution is 7.91. The van der Waals surface area contributed by atoms with Gasteiger partial charge in [-0.3, -0.25) is 0 Å². The quantitative estimate of drug-likeness (QED) is 0.627. The molecular weight excluding hydrogens is 344 g/mol. The van der Waals surface area contributed by atoms with E-state index in [4.69, 9.17) is 5.73 Å². The van der Waals surface area contributed by atoms with Crippen molar-refractivity contribution in [2.24, 2.45) is 5.73 Å². The van der Waals surface area contributed by atoms with Crippen LogP contribution in [0.1, 0.15) is 24.5 Å². The summed E-state index contributed by atoms with van der Waals surface area (Å²) in [6, 6.07) is 7.57. The molecule has 0 amide bonds. The molecule has 8 heteroatoms. The third-order valence-corrected chi connectivity index (χ3v) is 7.19. The molecule has 1 saturated carbocycles. The number of fused-ring (bicyclic) bond motifs is 1. The van der Waals surface area contributed by atoms with Gasteiger partial charge in [0.15, 0.2) is 0 Å². The van der Waals surface area contributed by atoms with E-state index in [1.54, 1.807) is 12.3 Å². The van der Waals surface area contributed by atoms with Crippen LogP contribution in [0.4, 0.5) is 0 Å². The average Bonchev–Trinajstić information content (AvgIpc) is 3.13. The normalized spacial score (nSPS) is 15.2. The summed E-state index contributed by atoms with van der Waals surface area (Å²) < 4.78 is 27.2. The Kier molecular flexibility index (Phi) is 3.92. The van der Waals surface area contributed by atoms with Gasteiger partial charge in [-0.05, 0) is 43.0 Å². The second kappa shape index (κ2) is 5.96. The zero-order chi connectivity index (χ0) is 16.7. The largest absolute Gasteiger partial charge is 0.343 e. The van der Waals surface area contributed by atoms with Crippen molar-refractivity contribution in [1.82, 2.24) is 14.7 Å². The predicted molar refractivity (Wildman–Crippen MR) is 95.6 cm³/mol. The van der Waals surface area contributed by atoms with Crippen LogP contribution < -0.4 is 10.5 Å². The van der Waals surface area contributed by atoms with Crippen molar-refractivity contribution < 1.29 is 8.42 Å². The summed E-state index contributed by atoms with van der Waals surface area (Å²) in [6.45, 7) is 0.507. The molecule has 24 heavy (non-hydrogen) atoms. The van der Waals surface area contributed by atoms with Crippen molar-refractivity contribution in [2.75, 3.05) is 13.1 Å². The lowest BCUT2D eigenvalue weighted by Gasteiger charge is -2.02. The average molecular weight is 362 g/mol. The number of nitrogens with two attached hydrogens (primary N) is 1. The Morgan fingerprint density at radius 3 is 2.92 bits per heavy atom. The maximum absolute atomic E-state index is 12.2. The maximum Gasteiger partial charge on any atom is 0.250 e. The number of hydrogen-bond donors (Lipinski definition) is 3. The van der Waals surface area contributed by atoms with Crippen molar-refractivity contribution in [1.29, 1.82) is 0 Å². The highest BCUT2D eigenvalue weighted by atomic mass is 32.2. The number of nitrogens with zero attached hydrogens (tertiary/aromatic N) is 1. The summed E-state index contributed by atoms with van der Waals surface area (Å²) in [5, 5.41) is 1.04. The van der Waals surface area contributed by atoms with Gasteiger partial charge < -0.3 is 10.7 Å². The maximum atomic E-state index is 12.2. The monoisotopic (exact) mass is 362 g/mol. The zero-order valence-corrected chi connectivity index (χ0v) is 14.6. The van der Waals surface area contributed by atoms with Crippen LogP contribution >= 0.6 is 11.3 Å². The van der Waals surface area contributed by atoms with Crippen LogP contribution in [0.5, 0.6) is 0 Å². The SMILES string of the molecule is NCCNS(=O)(=O)c1ccc(-c2ccnc3[nH]c(C4CC4)cc23)s1. The van der Waals surface area contributed by atoms with E-state index in [9.17, 15) is 8.42 Å². The van der Waals surface area contributed by atoms with Gasteiger partial charge in [0.1, 0.15) is 9.86 Å². The Balaban J connectivity index is 1.73. The molecule has 0 aromatic carbocycles. The van der Waals surface area contributed by atoms with Gasteiger partial charge in [0.05, 0.1) is 0 Å². The molecule has 0 aliphatic heterocycles. The van der Waals surface area contributed by atoms with Gasteiger partial charge in [0, 0.05) is 40.8 Å². The van der Waals surface area contributed by atoms with Crippen LogP contribution in [0.2, 0.25) is 0 Å². The van der Waals surface area contributed by atoms with Crippen molar-refractivity contribution in [3.63, 3.8) is 0 Å². The number of thiophene rings is 1. The van der Waals surface area contributed by atoms with Crippen LogP contribution in [0.3, 0.4) is 0 Å². The minimum absolute atomic E-state index is 0.234. The molecule has 0 bridgehead atoms. The minimum Gasteiger partial charge on any atom is -0.343 e. The number of hydrogen-bond acceptors (Lipinski definition) is 5. The van der Waals surface area contributed by atoms with E-state index in [-0.39, 0.29) is 13.1 Å². The first-order valence-corrected chi connectivity index (χ1v) is 10.2. The third kappa shape index (κ3) is 2.86. The van der Waals surface area contributed by atoms with Crippen molar-refractivity contribution in [3.05, 3.63) is 36.2 Å².